The van der Waals surface area contributed by atoms with Crippen molar-refractivity contribution in [3.8, 4) is 11.1 Å². The van der Waals surface area contributed by atoms with Gasteiger partial charge in [0.15, 0.2) is 0 Å². The van der Waals surface area contributed by atoms with Crippen molar-refractivity contribution in [3.05, 3.63) is 82.9 Å². The first kappa shape index (κ1) is 23.1. The summed E-state index contributed by atoms with van der Waals surface area (Å²) in [4.78, 5) is 22.0. The molecule has 0 aliphatic heterocycles. The van der Waals surface area contributed by atoms with Crippen molar-refractivity contribution in [1.82, 2.24) is 15.3 Å². The maximum absolute atomic E-state index is 13.4. The van der Waals surface area contributed by atoms with E-state index in [9.17, 15) is 13.2 Å². The zero-order chi connectivity index (χ0) is 23.6. The maximum atomic E-state index is 13.4. The molecule has 1 aromatic carbocycles. The van der Waals surface area contributed by atoms with E-state index >= 15 is 0 Å². The molecule has 3 aromatic rings. The van der Waals surface area contributed by atoms with Crippen LogP contribution in [0, 0.1) is 19.8 Å². The molecular formula is C25H27N3O4S. The molecule has 0 spiro atoms. The number of rotatable bonds is 8. The number of carbonyl (C=O) groups excluding carboxylic acids is 1. The molecule has 1 amide bonds. The van der Waals surface area contributed by atoms with Crippen molar-refractivity contribution in [2.24, 2.45) is 5.92 Å². The number of nitrogens with one attached hydrogen (secondary N) is 1. The summed E-state index contributed by atoms with van der Waals surface area (Å²) >= 11 is 0. The van der Waals surface area contributed by atoms with E-state index in [-0.39, 0.29) is 18.6 Å². The molecule has 1 unspecified atom stereocenters. The van der Waals surface area contributed by atoms with E-state index in [1.165, 1.54) is 0 Å². The highest BCUT2D eigenvalue weighted by Gasteiger charge is 2.34. The van der Waals surface area contributed by atoms with Crippen LogP contribution >= 0.6 is 0 Å². The average Bonchev–Trinajstić information content (AvgIpc) is 3.61. The number of nitrogens with zero attached hydrogens (tertiary/aromatic N) is 2. The van der Waals surface area contributed by atoms with Crippen LogP contribution in [-0.2, 0) is 20.9 Å². The molecule has 1 aliphatic carbocycles. The van der Waals surface area contributed by atoms with Crippen LogP contribution in [-0.4, -0.2) is 30.5 Å². The zero-order valence-corrected chi connectivity index (χ0v) is 19.7. The smallest absolute Gasteiger partial charge is 0.264 e. The third-order valence-corrected chi connectivity index (χ3v) is 6.23. The summed E-state index contributed by atoms with van der Waals surface area (Å²) in [5, 5.41) is 3.16. The second-order valence-corrected chi connectivity index (χ2v) is 10.3. The SMILES string of the molecule is Cc1ccnc(C(NC(=O)c2cc(COS(C)(=O)=O)cc(-c3cnccc3C)c2)C2CC2)c1. The lowest BCUT2D eigenvalue weighted by atomic mass is 9.97. The Labute approximate surface area is 194 Å². The van der Waals surface area contributed by atoms with Crippen molar-refractivity contribution in [3.63, 3.8) is 0 Å². The van der Waals surface area contributed by atoms with Gasteiger partial charge in [0, 0.05) is 29.7 Å². The van der Waals surface area contributed by atoms with Gasteiger partial charge in [0.2, 0.25) is 0 Å². The summed E-state index contributed by atoms with van der Waals surface area (Å²) in [5.74, 6) is 0.124. The molecule has 2 heterocycles. The monoisotopic (exact) mass is 465 g/mol. The van der Waals surface area contributed by atoms with E-state index in [1.807, 2.05) is 38.1 Å². The van der Waals surface area contributed by atoms with Gasteiger partial charge in [-0.15, -0.1) is 0 Å². The molecule has 1 atom stereocenters. The molecule has 172 valence electrons. The molecule has 1 N–H and O–H groups in total. The van der Waals surface area contributed by atoms with Crippen molar-refractivity contribution in [2.75, 3.05) is 6.26 Å². The van der Waals surface area contributed by atoms with E-state index < -0.39 is 10.1 Å². The van der Waals surface area contributed by atoms with Gasteiger partial charge in [-0.05, 0) is 91.3 Å². The van der Waals surface area contributed by atoms with Crippen LogP contribution in [0.15, 0.2) is 55.0 Å². The molecule has 0 bridgehead atoms. The van der Waals surface area contributed by atoms with Gasteiger partial charge in [0.25, 0.3) is 16.0 Å². The lowest BCUT2D eigenvalue weighted by Crippen LogP contribution is -2.30. The van der Waals surface area contributed by atoms with Crippen molar-refractivity contribution >= 4 is 16.0 Å². The number of amides is 1. The number of hydrogen-bond acceptors (Lipinski definition) is 6. The minimum atomic E-state index is -3.62. The number of benzene rings is 1. The molecule has 0 saturated heterocycles. The van der Waals surface area contributed by atoms with Gasteiger partial charge in [-0.1, -0.05) is 0 Å². The van der Waals surface area contributed by atoms with Crippen LogP contribution in [0.4, 0.5) is 0 Å². The van der Waals surface area contributed by atoms with Crippen LogP contribution in [0.1, 0.15) is 51.6 Å². The fourth-order valence-corrected chi connectivity index (χ4v) is 4.17. The third kappa shape index (κ3) is 6.03. The summed E-state index contributed by atoms with van der Waals surface area (Å²) in [5.41, 5.74) is 5.60. The first-order valence-corrected chi connectivity index (χ1v) is 12.6. The molecule has 0 radical (unpaired) electrons. The quantitative estimate of drug-likeness (QED) is 0.503. The second kappa shape index (κ2) is 9.41. The van der Waals surface area contributed by atoms with E-state index in [2.05, 4.69) is 15.3 Å². The second-order valence-electron chi connectivity index (χ2n) is 8.62. The Kier molecular flexibility index (Phi) is 6.58. The van der Waals surface area contributed by atoms with Crippen LogP contribution < -0.4 is 5.32 Å². The summed E-state index contributed by atoms with van der Waals surface area (Å²) in [6.45, 7) is 3.81. The summed E-state index contributed by atoms with van der Waals surface area (Å²) in [6, 6.07) is 11.0. The first-order valence-electron chi connectivity index (χ1n) is 10.8. The van der Waals surface area contributed by atoms with E-state index in [0.29, 0.717) is 17.0 Å². The molecule has 1 saturated carbocycles. The Hall–Kier alpha value is -3.10. The highest BCUT2D eigenvalue weighted by molar-refractivity contribution is 7.85. The largest absolute Gasteiger partial charge is 0.343 e. The molecule has 8 heteroatoms. The number of hydrogen-bond donors (Lipinski definition) is 1. The molecule has 1 fully saturated rings. The Morgan fingerprint density at radius 2 is 1.94 bits per heavy atom. The molecule has 4 rings (SSSR count). The zero-order valence-electron chi connectivity index (χ0n) is 18.9. The van der Waals surface area contributed by atoms with Crippen molar-refractivity contribution in [2.45, 2.75) is 39.3 Å². The maximum Gasteiger partial charge on any atom is 0.264 e. The average molecular weight is 466 g/mol. The number of aryl methyl sites for hydroxylation is 2. The molecule has 7 nitrogen and oxygen atoms in total. The highest BCUT2D eigenvalue weighted by Crippen LogP contribution is 2.40. The Morgan fingerprint density at radius 3 is 2.61 bits per heavy atom. The van der Waals surface area contributed by atoms with E-state index in [4.69, 9.17) is 4.18 Å². The first-order chi connectivity index (χ1) is 15.7. The molecule has 1 aliphatic rings. The Morgan fingerprint density at radius 1 is 1.15 bits per heavy atom. The number of pyridine rings is 2. The molecular weight excluding hydrogens is 438 g/mol. The van der Waals surface area contributed by atoms with E-state index in [1.54, 1.807) is 30.7 Å². The Bertz CT molecular complexity index is 1290. The topological polar surface area (TPSA) is 98.2 Å². The van der Waals surface area contributed by atoms with Gasteiger partial charge >= 0.3 is 0 Å². The normalized spacial score (nSPS) is 14.6. The standard InChI is InChI=1S/C25H27N3O4S/c1-16-6-9-27-23(10-16)24(19-4-5-19)28-25(29)21-12-18(15-32-33(3,30)31)11-20(13-21)22-14-26-8-7-17(22)2/h6-14,19,24H,4-5,15H2,1-3H3,(H,28,29). The van der Waals surface area contributed by atoms with Gasteiger partial charge in [-0.25, -0.2) is 0 Å². The van der Waals surface area contributed by atoms with E-state index in [0.717, 1.165) is 47.0 Å². The predicted molar refractivity (Wildman–Crippen MR) is 126 cm³/mol. The number of aromatic nitrogens is 2. The highest BCUT2D eigenvalue weighted by atomic mass is 32.2. The van der Waals surface area contributed by atoms with Crippen molar-refractivity contribution < 1.29 is 17.4 Å². The van der Waals surface area contributed by atoms with Crippen LogP contribution in [0.5, 0.6) is 0 Å². The molecule has 2 aromatic heterocycles. The van der Waals surface area contributed by atoms with Gasteiger partial charge in [-0.2, -0.15) is 8.42 Å². The lowest BCUT2D eigenvalue weighted by Gasteiger charge is -2.19. The van der Waals surface area contributed by atoms with Gasteiger partial charge in [0.1, 0.15) is 0 Å². The van der Waals surface area contributed by atoms with Gasteiger partial charge in [0.05, 0.1) is 24.6 Å². The fraction of sp³-hybridized carbons (Fsp3) is 0.320. The summed E-state index contributed by atoms with van der Waals surface area (Å²) in [7, 11) is -3.62. The van der Waals surface area contributed by atoms with Crippen LogP contribution in [0.2, 0.25) is 0 Å². The van der Waals surface area contributed by atoms with Gasteiger partial charge < -0.3 is 5.32 Å². The third-order valence-electron chi connectivity index (χ3n) is 5.68. The molecule has 33 heavy (non-hydrogen) atoms. The summed E-state index contributed by atoms with van der Waals surface area (Å²) < 4.78 is 28.0. The van der Waals surface area contributed by atoms with Gasteiger partial charge in [-0.3, -0.25) is 18.9 Å². The van der Waals surface area contributed by atoms with Crippen LogP contribution in [0.3, 0.4) is 0 Å². The predicted octanol–water partition coefficient (Wildman–Crippen LogP) is 4.12. The van der Waals surface area contributed by atoms with Crippen molar-refractivity contribution in [1.29, 1.82) is 0 Å². The minimum Gasteiger partial charge on any atom is -0.343 e. The Balaban J connectivity index is 1.68. The lowest BCUT2D eigenvalue weighted by molar-refractivity contribution is 0.0930. The number of carbonyl (C=O) groups is 1. The fourth-order valence-electron chi connectivity index (χ4n) is 3.82. The summed E-state index contributed by atoms with van der Waals surface area (Å²) in [6.07, 6.45) is 8.30. The minimum absolute atomic E-state index is 0.155. The van der Waals surface area contributed by atoms with Crippen LogP contribution in [0.25, 0.3) is 11.1 Å².